The first-order valence-electron chi connectivity index (χ1n) is 6.09. The normalized spacial score (nSPS) is 10.8. The van der Waals surface area contributed by atoms with E-state index in [2.05, 4.69) is 25.7 Å². The van der Waals surface area contributed by atoms with Gasteiger partial charge in [0.1, 0.15) is 5.82 Å². The van der Waals surface area contributed by atoms with Crippen LogP contribution in [-0.2, 0) is 6.54 Å². The summed E-state index contributed by atoms with van der Waals surface area (Å²) in [5, 5.41) is 10.5. The molecule has 3 aromatic rings. The minimum absolute atomic E-state index is 0.740. The average Bonchev–Trinajstić information content (AvgIpc) is 3.08. The van der Waals surface area contributed by atoms with Crippen molar-refractivity contribution in [3.63, 3.8) is 0 Å². The summed E-state index contributed by atoms with van der Waals surface area (Å²) in [5.74, 6) is 1.57. The van der Waals surface area contributed by atoms with E-state index < -0.39 is 0 Å². The Morgan fingerprint density at radius 2 is 2.21 bits per heavy atom. The van der Waals surface area contributed by atoms with Crippen molar-refractivity contribution in [3.05, 3.63) is 37.1 Å². The Hall–Kier alpha value is -2.57. The lowest BCUT2D eigenvalue weighted by Crippen LogP contribution is -2.13. The molecule has 19 heavy (non-hydrogen) atoms. The average molecular weight is 257 g/mol. The van der Waals surface area contributed by atoms with E-state index >= 15 is 0 Å². The largest absolute Gasteiger partial charge is 0.372 e. The number of hydrogen-bond donors (Lipinski definition) is 2. The third-order valence-electron chi connectivity index (χ3n) is 2.82. The molecule has 0 saturated heterocycles. The molecule has 7 nitrogen and oxygen atoms in total. The van der Waals surface area contributed by atoms with Gasteiger partial charge in [-0.1, -0.05) is 0 Å². The van der Waals surface area contributed by atoms with Gasteiger partial charge in [0.15, 0.2) is 11.5 Å². The lowest BCUT2D eigenvalue weighted by Gasteiger charge is -2.09. The second-order valence-electron chi connectivity index (χ2n) is 4.08. The van der Waals surface area contributed by atoms with Crippen molar-refractivity contribution in [3.8, 4) is 0 Å². The molecule has 0 atom stereocenters. The Balaban J connectivity index is 1.77. The molecule has 0 aromatic carbocycles. The summed E-state index contributed by atoms with van der Waals surface area (Å²) < 4.78 is 3.81. The van der Waals surface area contributed by atoms with Crippen LogP contribution in [0.4, 0.5) is 11.6 Å². The molecule has 0 aliphatic heterocycles. The van der Waals surface area contributed by atoms with Crippen molar-refractivity contribution in [2.45, 2.75) is 6.54 Å². The molecule has 0 radical (unpaired) electrons. The highest BCUT2D eigenvalue weighted by atomic mass is 15.3. The van der Waals surface area contributed by atoms with E-state index in [4.69, 9.17) is 0 Å². The first-order valence-corrected chi connectivity index (χ1v) is 6.09. The number of anilines is 2. The maximum atomic E-state index is 4.48. The topological polar surface area (TPSA) is 72.1 Å². The number of hydrogen-bond acceptors (Lipinski definition) is 5. The zero-order valence-corrected chi connectivity index (χ0v) is 10.6. The van der Waals surface area contributed by atoms with Crippen molar-refractivity contribution in [2.75, 3.05) is 24.2 Å². The Bertz CT molecular complexity index is 656. The zero-order chi connectivity index (χ0) is 13.1. The summed E-state index contributed by atoms with van der Waals surface area (Å²) in [4.78, 5) is 8.77. The van der Waals surface area contributed by atoms with Crippen LogP contribution < -0.4 is 10.6 Å². The van der Waals surface area contributed by atoms with Crippen LogP contribution >= 0.6 is 0 Å². The Morgan fingerprint density at radius 1 is 1.26 bits per heavy atom. The number of nitrogens with zero attached hydrogens (tertiary/aromatic N) is 5. The number of imidazole rings is 1. The number of rotatable bonds is 5. The molecule has 3 aromatic heterocycles. The molecule has 0 amide bonds. The van der Waals surface area contributed by atoms with E-state index in [1.807, 2.05) is 40.8 Å². The number of nitrogens with one attached hydrogen (secondary N) is 2. The molecule has 98 valence electrons. The summed E-state index contributed by atoms with van der Waals surface area (Å²) in [6.45, 7) is 1.52. The molecule has 3 heterocycles. The number of fused-ring (bicyclic) bond motifs is 1. The maximum absolute atomic E-state index is 4.48. The predicted octanol–water partition coefficient (Wildman–Crippen LogP) is 1.08. The van der Waals surface area contributed by atoms with Gasteiger partial charge in [0.05, 0.1) is 12.7 Å². The second kappa shape index (κ2) is 4.97. The van der Waals surface area contributed by atoms with Gasteiger partial charge in [-0.25, -0.2) is 9.97 Å². The van der Waals surface area contributed by atoms with Gasteiger partial charge < -0.3 is 15.0 Å². The molecule has 7 heteroatoms. The molecule has 0 unspecified atom stereocenters. The minimum Gasteiger partial charge on any atom is -0.372 e. The smallest absolute Gasteiger partial charge is 0.180 e. The second-order valence-corrected chi connectivity index (χ2v) is 4.08. The molecule has 0 aliphatic rings. The Kier molecular flexibility index (Phi) is 3.01. The summed E-state index contributed by atoms with van der Waals surface area (Å²) in [6, 6.07) is 1.91. The Labute approximate surface area is 110 Å². The van der Waals surface area contributed by atoms with Crippen LogP contribution in [0.5, 0.6) is 0 Å². The molecule has 0 aliphatic carbocycles. The van der Waals surface area contributed by atoms with E-state index in [0.717, 1.165) is 30.4 Å². The summed E-state index contributed by atoms with van der Waals surface area (Å²) >= 11 is 0. The minimum atomic E-state index is 0.740. The van der Waals surface area contributed by atoms with Gasteiger partial charge in [-0.15, -0.1) is 0 Å². The summed E-state index contributed by atoms with van der Waals surface area (Å²) in [6.07, 6.45) is 9.27. The highest BCUT2D eigenvalue weighted by Gasteiger charge is 2.06. The van der Waals surface area contributed by atoms with Crippen LogP contribution in [0.15, 0.2) is 37.1 Å². The fourth-order valence-electron chi connectivity index (χ4n) is 1.89. The van der Waals surface area contributed by atoms with Gasteiger partial charge in [0.2, 0.25) is 0 Å². The molecular formula is C12H15N7. The Morgan fingerprint density at radius 3 is 3.00 bits per heavy atom. The van der Waals surface area contributed by atoms with Crippen LogP contribution in [-0.4, -0.2) is 37.7 Å². The SMILES string of the molecule is CNc1cn2ccnc2c(NCCn2cccn2)n1. The highest BCUT2D eigenvalue weighted by Crippen LogP contribution is 2.15. The summed E-state index contributed by atoms with van der Waals surface area (Å²) in [5.41, 5.74) is 0.819. The third-order valence-corrected chi connectivity index (χ3v) is 2.82. The van der Waals surface area contributed by atoms with Crippen LogP contribution in [0.2, 0.25) is 0 Å². The molecule has 0 saturated carbocycles. The maximum Gasteiger partial charge on any atom is 0.180 e. The fourth-order valence-corrected chi connectivity index (χ4v) is 1.89. The fraction of sp³-hybridized carbons (Fsp3) is 0.250. The standard InChI is InChI=1S/C12H15N7/c1-13-10-9-18-7-4-15-12(18)11(17-10)14-5-8-19-6-2-3-16-19/h2-4,6-7,9,13H,5,8H2,1H3,(H,14,17). The van der Waals surface area contributed by atoms with E-state index in [9.17, 15) is 0 Å². The molecule has 0 spiro atoms. The van der Waals surface area contributed by atoms with Crippen LogP contribution in [0.25, 0.3) is 5.65 Å². The predicted molar refractivity (Wildman–Crippen MR) is 73.3 cm³/mol. The molecular weight excluding hydrogens is 242 g/mol. The van der Waals surface area contributed by atoms with E-state index in [0.29, 0.717) is 0 Å². The van der Waals surface area contributed by atoms with E-state index in [-0.39, 0.29) is 0 Å². The third kappa shape index (κ3) is 2.35. The number of aromatic nitrogens is 5. The molecule has 3 rings (SSSR count). The zero-order valence-electron chi connectivity index (χ0n) is 10.6. The van der Waals surface area contributed by atoms with Crippen molar-refractivity contribution in [2.24, 2.45) is 0 Å². The lowest BCUT2D eigenvalue weighted by molar-refractivity contribution is 0.637. The highest BCUT2D eigenvalue weighted by molar-refractivity contribution is 5.65. The lowest BCUT2D eigenvalue weighted by atomic mass is 10.5. The molecule has 0 bridgehead atoms. The van der Waals surface area contributed by atoms with Crippen molar-refractivity contribution < 1.29 is 0 Å². The van der Waals surface area contributed by atoms with Gasteiger partial charge in [-0.05, 0) is 6.07 Å². The van der Waals surface area contributed by atoms with Crippen LogP contribution in [0.3, 0.4) is 0 Å². The van der Waals surface area contributed by atoms with Gasteiger partial charge in [0.25, 0.3) is 0 Å². The van der Waals surface area contributed by atoms with Gasteiger partial charge >= 0.3 is 0 Å². The van der Waals surface area contributed by atoms with Crippen LogP contribution in [0, 0.1) is 0 Å². The van der Waals surface area contributed by atoms with Crippen molar-refractivity contribution in [1.29, 1.82) is 0 Å². The first kappa shape index (κ1) is 11.5. The molecule has 0 fully saturated rings. The first-order chi connectivity index (χ1) is 9.36. The van der Waals surface area contributed by atoms with Gasteiger partial charge in [0, 0.05) is 38.4 Å². The quantitative estimate of drug-likeness (QED) is 0.715. The van der Waals surface area contributed by atoms with E-state index in [1.54, 1.807) is 12.4 Å². The van der Waals surface area contributed by atoms with E-state index in [1.165, 1.54) is 0 Å². The van der Waals surface area contributed by atoms with Crippen LogP contribution in [0.1, 0.15) is 0 Å². The van der Waals surface area contributed by atoms with Crippen molar-refractivity contribution >= 4 is 17.3 Å². The summed E-state index contributed by atoms with van der Waals surface area (Å²) in [7, 11) is 1.85. The molecule has 2 N–H and O–H groups in total. The monoisotopic (exact) mass is 257 g/mol. The van der Waals surface area contributed by atoms with Crippen molar-refractivity contribution in [1.82, 2.24) is 24.1 Å². The van der Waals surface area contributed by atoms with Gasteiger partial charge in [-0.3, -0.25) is 4.68 Å². The van der Waals surface area contributed by atoms with Gasteiger partial charge in [-0.2, -0.15) is 5.10 Å².